The van der Waals surface area contributed by atoms with Gasteiger partial charge in [0.2, 0.25) is 0 Å². The van der Waals surface area contributed by atoms with Gasteiger partial charge in [0.05, 0.1) is 29.9 Å². The number of benzene rings is 3. The van der Waals surface area contributed by atoms with Crippen LogP contribution in [0.15, 0.2) is 102 Å². The highest BCUT2D eigenvalue weighted by Crippen LogP contribution is 2.34. The molecule has 3 aromatic carbocycles. The van der Waals surface area contributed by atoms with Crippen molar-refractivity contribution in [3.63, 3.8) is 0 Å². The molecule has 0 radical (unpaired) electrons. The Morgan fingerprint density at radius 3 is 2.32 bits per heavy atom. The minimum absolute atomic E-state index is 0. The second-order valence-corrected chi connectivity index (χ2v) is 8.71. The van der Waals surface area contributed by atoms with Crippen LogP contribution in [0.3, 0.4) is 0 Å². The van der Waals surface area contributed by atoms with E-state index in [1.165, 1.54) is 4.68 Å². The standard InChI is InChI=1S/C30H22N4O3.ClH/c35-17-21-15-19-7-1-2-9-22(19)28(25(21)18-36)26-12-5-13-27(32-26)34-30(37)24-11-4-3-10-23(24)29(33-34)20-8-6-14-31-16-20;/h1-16,35-36H,17-18H2;1H. The molecule has 38 heavy (non-hydrogen) atoms. The molecule has 0 aliphatic heterocycles. The van der Waals surface area contributed by atoms with E-state index in [1.54, 1.807) is 12.1 Å². The molecule has 0 aliphatic carbocycles. The number of halogens is 1. The molecule has 0 bridgehead atoms. The number of aromatic amines is 1. The fourth-order valence-corrected chi connectivity index (χ4v) is 4.84. The number of aromatic nitrogens is 4. The van der Waals surface area contributed by atoms with Crippen LogP contribution in [-0.2, 0) is 13.2 Å². The van der Waals surface area contributed by atoms with E-state index in [0.29, 0.717) is 33.7 Å². The van der Waals surface area contributed by atoms with E-state index in [2.05, 4.69) is 4.98 Å². The lowest BCUT2D eigenvalue weighted by atomic mass is 9.92. The number of aliphatic hydroxyl groups is 2. The first-order chi connectivity index (χ1) is 18.2. The van der Waals surface area contributed by atoms with Crippen molar-refractivity contribution in [3.05, 3.63) is 119 Å². The van der Waals surface area contributed by atoms with Gasteiger partial charge >= 0.3 is 0 Å². The van der Waals surface area contributed by atoms with Crippen LogP contribution in [0.5, 0.6) is 0 Å². The van der Waals surface area contributed by atoms with E-state index in [4.69, 9.17) is 10.1 Å². The van der Waals surface area contributed by atoms with Gasteiger partial charge in [-0.15, -0.1) is 0 Å². The lowest BCUT2D eigenvalue weighted by molar-refractivity contribution is -0.377. The first-order valence-corrected chi connectivity index (χ1v) is 11.9. The van der Waals surface area contributed by atoms with Crippen molar-refractivity contribution >= 4 is 21.5 Å². The summed E-state index contributed by atoms with van der Waals surface area (Å²) in [6.45, 7) is -0.471. The Hall–Kier alpha value is -4.43. The largest absolute Gasteiger partial charge is 1.00 e. The van der Waals surface area contributed by atoms with Crippen LogP contribution in [0.2, 0.25) is 0 Å². The molecule has 0 unspecified atom stereocenters. The average Bonchev–Trinajstić information content (AvgIpc) is 2.97. The van der Waals surface area contributed by atoms with E-state index in [-0.39, 0.29) is 31.2 Å². The summed E-state index contributed by atoms with van der Waals surface area (Å²) >= 11 is 0. The fraction of sp³-hybridized carbons (Fsp3) is 0.0667. The maximum absolute atomic E-state index is 13.6. The van der Waals surface area contributed by atoms with Gasteiger partial charge in [-0.3, -0.25) is 4.79 Å². The SMILES string of the molecule is O=c1c2ccccc2c(-c2ccc[nH+]c2)nn1-c1cccc(-c2c(CO)c(CO)cc3ccccc23)n1.[Cl-]. The van der Waals surface area contributed by atoms with Gasteiger partial charge in [-0.1, -0.05) is 48.5 Å². The molecule has 188 valence electrons. The van der Waals surface area contributed by atoms with Crippen LogP contribution < -0.4 is 23.0 Å². The lowest BCUT2D eigenvalue weighted by Crippen LogP contribution is -3.00. The molecule has 6 rings (SSSR count). The number of pyridine rings is 2. The van der Waals surface area contributed by atoms with Gasteiger partial charge in [0.1, 0.15) is 5.69 Å². The molecule has 7 nitrogen and oxygen atoms in total. The topological polar surface area (TPSA) is 102 Å². The predicted octanol–water partition coefficient (Wildman–Crippen LogP) is 1.07. The molecule has 3 N–H and O–H groups in total. The molecule has 0 aliphatic rings. The molecule has 3 heterocycles. The third-order valence-electron chi connectivity index (χ3n) is 6.57. The first-order valence-electron chi connectivity index (χ1n) is 11.9. The first kappa shape index (κ1) is 25.2. The number of fused-ring (bicyclic) bond motifs is 2. The molecule has 0 spiro atoms. The molecule has 0 saturated heterocycles. The number of nitrogens with one attached hydrogen (secondary N) is 1. The summed E-state index contributed by atoms with van der Waals surface area (Å²) in [6.07, 6.45) is 3.66. The van der Waals surface area contributed by atoms with E-state index < -0.39 is 0 Å². The summed E-state index contributed by atoms with van der Waals surface area (Å²) < 4.78 is 1.32. The molecule has 3 aromatic heterocycles. The minimum Gasteiger partial charge on any atom is -1.00 e. The van der Waals surface area contributed by atoms with E-state index in [1.807, 2.05) is 85.2 Å². The normalized spacial score (nSPS) is 11.0. The van der Waals surface area contributed by atoms with Crippen molar-refractivity contribution in [2.45, 2.75) is 13.2 Å². The zero-order valence-electron chi connectivity index (χ0n) is 20.2. The number of H-pyrrole nitrogens is 1. The summed E-state index contributed by atoms with van der Waals surface area (Å²) in [4.78, 5) is 21.5. The van der Waals surface area contributed by atoms with Gasteiger partial charge in [0.25, 0.3) is 5.56 Å². The highest BCUT2D eigenvalue weighted by atomic mass is 35.5. The number of hydrogen-bond acceptors (Lipinski definition) is 5. The van der Waals surface area contributed by atoms with Crippen LogP contribution in [0.1, 0.15) is 11.1 Å². The van der Waals surface area contributed by atoms with Gasteiger partial charge < -0.3 is 22.6 Å². The van der Waals surface area contributed by atoms with E-state index in [0.717, 1.165) is 27.3 Å². The predicted molar refractivity (Wildman–Crippen MR) is 142 cm³/mol. The molecule has 0 atom stereocenters. The van der Waals surface area contributed by atoms with Crippen LogP contribution >= 0.6 is 0 Å². The van der Waals surface area contributed by atoms with Crippen molar-refractivity contribution in [3.8, 4) is 28.3 Å². The Morgan fingerprint density at radius 2 is 1.58 bits per heavy atom. The van der Waals surface area contributed by atoms with Crippen molar-refractivity contribution in [2.24, 2.45) is 0 Å². The molecule has 0 saturated carbocycles. The maximum atomic E-state index is 13.6. The molecule has 0 fully saturated rings. The summed E-state index contributed by atoms with van der Waals surface area (Å²) in [5.41, 5.74) is 3.75. The van der Waals surface area contributed by atoms with Crippen molar-refractivity contribution in [2.75, 3.05) is 0 Å². The molecule has 8 heteroatoms. The summed E-state index contributed by atoms with van der Waals surface area (Å²) in [5.74, 6) is 0.358. The summed E-state index contributed by atoms with van der Waals surface area (Å²) in [5, 5.41) is 28.1. The second kappa shape index (κ2) is 10.5. The molecule has 0 amide bonds. The number of rotatable bonds is 5. The average molecular weight is 523 g/mol. The van der Waals surface area contributed by atoms with Crippen LogP contribution in [0.4, 0.5) is 0 Å². The number of nitrogens with zero attached hydrogens (tertiary/aromatic N) is 3. The van der Waals surface area contributed by atoms with Gasteiger partial charge in [-0.2, -0.15) is 9.78 Å². The van der Waals surface area contributed by atoms with Crippen molar-refractivity contribution in [1.82, 2.24) is 14.8 Å². The lowest BCUT2D eigenvalue weighted by Gasteiger charge is -2.16. The Morgan fingerprint density at radius 1 is 0.816 bits per heavy atom. The third-order valence-corrected chi connectivity index (χ3v) is 6.57. The van der Waals surface area contributed by atoms with Crippen LogP contribution in [-0.4, -0.2) is 25.0 Å². The van der Waals surface area contributed by atoms with Gasteiger partial charge in [0.15, 0.2) is 18.2 Å². The summed E-state index contributed by atoms with van der Waals surface area (Å²) in [6, 6.07) is 26.3. The zero-order chi connectivity index (χ0) is 25.4. The highest BCUT2D eigenvalue weighted by Gasteiger charge is 2.18. The van der Waals surface area contributed by atoms with E-state index in [9.17, 15) is 15.0 Å². The number of hydrogen-bond donors (Lipinski definition) is 2. The van der Waals surface area contributed by atoms with Crippen LogP contribution in [0, 0.1) is 0 Å². The Labute approximate surface area is 224 Å². The second-order valence-electron chi connectivity index (χ2n) is 8.71. The van der Waals surface area contributed by atoms with Crippen molar-refractivity contribution < 1.29 is 27.6 Å². The Bertz CT molecular complexity index is 1840. The number of aliphatic hydroxyl groups excluding tert-OH is 2. The molecular weight excluding hydrogens is 500 g/mol. The molecule has 6 aromatic rings. The van der Waals surface area contributed by atoms with Gasteiger partial charge in [-0.25, -0.2) is 9.97 Å². The third kappa shape index (κ3) is 4.22. The van der Waals surface area contributed by atoms with E-state index >= 15 is 0 Å². The smallest absolute Gasteiger partial charge is 0.280 e. The quantitative estimate of drug-likeness (QED) is 0.353. The minimum atomic E-state index is -0.278. The summed E-state index contributed by atoms with van der Waals surface area (Å²) in [7, 11) is 0. The Kier molecular flexibility index (Phi) is 6.98. The fourth-order valence-electron chi connectivity index (χ4n) is 4.84. The highest BCUT2D eigenvalue weighted by molar-refractivity contribution is 5.98. The Balaban J connectivity index is 0.00000294. The monoisotopic (exact) mass is 522 g/mol. The van der Waals surface area contributed by atoms with Crippen molar-refractivity contribution in [1.29, 1.82) is 0 Å². The molecular formula is C30H23ClN4O3. The maximum Gasteiger partial charge on any atom is 0.280 e. The van der Waals surface area contributed by atoms with Gasteiger partial charge in [-0.05, 0) is 52.2 Å². The van der Waals surface area contributed by atoms with Crippen LogP contribution in [0.25, 0.3) is 49.9 Å². The zero-order valence-corrected chi connectivity index (χ0v) is 20.9. The van der Waals surface area contributed by atoms with Gasteiger partial charge in [0, 0.05) is 17.0 Å².